The number of nitrogen functional groups attached to an aromatic ring is 1. The van der Waals surface area contributed by atoms with Gasteiger partial charge < -0.3 is 5.73 Å². The number of benzene rings is 2. The first-order valence-electron chi connectivity index (χ1n) is 7.17. The summed E-state index contributed by atoms with van der Waals surface area (Å²) < 4.78 is 64.7. The molecule has 136 valence electrons. The van der Waals surface area contributed by atoms with E-state index in [4.69, 9.17) is 17.3 Å². The molecule has 0 heterocycles. The van der Waals surface area contributed by atoms with Crippen LogP contribution in [-0.4, -0.2) is 25.4 Å². The van der Waals surface area contributed by atoms with Gasteiger partial charge in [-0.25, -0.2) is 8.42 Å². The number of hydrogen-bond donors (Lipinski definition) is 1. The van der Waals surface area contributed by atoms with Crippen molar-refractivity contribution in [2.75, 3.05) is 12.3 Å². The fourth-order valence-corrected chi connectivity index (χ4v) is 4.22. The minimum absolute atomic E-state index is 0.134. The lowest BCUT2D eigenvalue weighted by Crippen LogP contribution is -2.38. The maximum atomic E-state index is 12.9. The number of nitrogens with two attached hydrogens (primary N) is 1. The molecule has 2 aromatic rings. The lowest BCUT2D eigenvalue weighted by atomic mass is 10.2. The topological polar surface area (TPSA) is 63.4 Å². The Kier molecular flexibility index (Phi) is 5.65. The third kappa shape index (κ3) is 4.87. The van der Waals surface area contributed by atoms with Gasteiger partial charge in [0.1, 0.15) is 11.4 Å². The number of anilines is 1. The van der Waals surface area contributed by atoms with E-state index in [2.05, 4.69) is 0 Å². The van der Waals surface area contributed by atoms with E-state index < -0.39 is 34.2 Å². The Balaban J connectivity index is 2.49. The van der Waals surface area contributed by atoms with E-state index in [-0.39, 0.29) is 10.7 Å². The number of nitrogens with zero attached hydrogens (tertiary/aromatic N) is 1. The van der Waals surface area contributed by atoms with Crippen LogP contribution in [0.15, 0.2) is 47.4 Å². The summed E-state index contributed by atoms with van der Waals surface area (Å²) >= 11 is 5.96. The van der Waals surface area contributed by atoms with Gasteiger partial charge >= 0.3 is 6.18 Å². The van der Waals surface area contributed by atoms with Crippen molar-refractivity contribution in [2.45, 2.75) is 24.5 Å². The molecule has 0 amide bonds. The van der Waals surface area contributed by atoms with Crippen molar-refractivity contribution in [3.63, 3.8) is 0 Å². The predicted octanol–water partition coefficient (Wildman–Crippen LogP) is 3.98. The zero-order valence-electron chi connectivity index (χ0n) is 13.2. The molecule has 0 aliphatic heterocycles. The average Bonchev–Trinajstić information content (AvgIpc) is 2.50. The van der Waals surface area contributed by atoms with Crippen molar-refractivity contribution in [3.8, 4) is 0 Å². The first kappa shape index (κ1) is 19.6. The number of alkyl halides is 3. The molecule has 0 radical (unpaired) electrons. The number of hydrogen-bond acceptors (Lipinski definition) is 3. The molecule has 0 saturated heterocycles. The molecule has 0 spiro atoms. The van der Waals surface area contributed by atoms with Crippen LogP contribution in [0.4, 0.5) is 18.9 Å². The van der Waals surface area contributed by atoms with Crippen molar-refractivity contribution < 1.29 is 21.6 Å². The van der Waals surface area contributed by atoms with Crippen LogP contribution < -0.4 is 5.73 Å². The van der Waals surface area contributed by atoms with Gasteiger partial charge in [0.15, 0.2) is 0 Å². The third-order valence-electron chi connectivity index (χ3n) is 3.50. The van der Waals surface area contributed by atoms with Crippen LogP contribution in [-0.2, 0) is 16.6 Å². The van der Waals surface area contributed by atoms with Crippen molar-refractivity contribution in [2.24, 2.45) is 0 Å². The molecule has 2 N–H and O–H groups in total. The van der Waals surface area contributed by atoms with Gasteiger partial charge in [0, 0.05) is 12.2 Å². The molecule has 2 aromatic carbocycles. The highest BCUT2D eigenvalue weighted by Gasteiger charge is 2.38. The second kappa shape index (κ2) is 7.23. The Morgan fingerprint density at radius 3 is 2.32 bits per heavy atom. The molecule has 0 atom stereocenters. The molecule has 0 bridgehead atoms. The number of rotatable bonds is 5. The van der Waals surface area contributed by atoms with Crippen LogP contribution >= 0.6 is 11.6 Å². The van der Waals surface area contributed by atoms with Gasteiger partial charge in [0.2, 0.25) is 10.0 Å². The summed E-state index contributed by atoms with van der Waals surface area (Å²) in [5, 5.41) is -0.174. The molecule has 4 nitrogen and oxygen atoms in total. The monoisotopic (exact) mass is 392 g/mol. The Bertz CT molecular complexity index is 856. The van der Waals surface area contributed by atoms with E-state index in [1.165, 1.54) is 6.07 Å². The first-order valence-corrected chi connectivity index (χ1v) is 8.99. The summed E-state index contributed by atoms with van der Waals surface area (Å²) in [6.45, 7) is -0.448. The largest absolute Gasteiger partial charge is 0.402 e. The summed E-state index contributed by atoms with van der Waals surface area (Å²) in [5.74, 6) is 0. The first-order chi connectivity index (χ1) is 11.5. The SMILES string of the molecule is Cc1cc(Cl)c(S(=O)(=O)N(Cc2ccccc2)CC(F)(F)F)cc1N. The van der Waals surface area contributed by atoms with Gasteiger partial charge in [-0.2, -0.15) is 17.5 Å². The van der Waals surface area contributed by atoms with Crippen LogP contribution in [0.5, 0.6) is 0 Å². The number of sulfonamides is 1. The maximum Gasteiger partial charge on any atom is 0.402 e. The standard InChI is InChI=1S/C16H16ClF3N2O2S/c1-11-7-13(17)15(8-14(11)21)25(23,24)22(10-16(18,19)20)9-12-5-3-2-4-6-12/h2-8H,9-10,21H2,1H3. The highest BCUT2D eigenvalue weighted by molar-refractivity contribution is 7.89. The third-order valence-corrected chi connectivity index (χ3v) is 5.75. The van der Waals surface area contributed by atoms with E-state index >= 15 is 0 Å². The van der Waals surface area contributed by atoms with Crippen molar-refractivity contribution in [3.05, 3.63) is 58.6 Å². The molecule has 0 aliphatic carbocycles. The van der Waals surface area contributed by atoms with Gasteiger partial charge in [0.05, 0.1) is 5.02 Å². The van der Waals surface area contributed by atoms with E-state index in [0.717, 1.165) is 6.07 Å². The highest BCUT2D eigenvalue weighted by atomic mass is 35.5. The Morgan fingerprint density at radius 2 is 1.76 bits per heavy atom. The van der Waals surface area contributed by atoms with E-state index in [0.29, 0.717) is 15.4 Å². The van der Waals surface area contributed by atoms with Gasteiger partial charge in [0.25, 0.3) is 0 Å². The summed E-state index contributed by atoms with van der Waals surface area (Å²) in [6.07, 6.45) is -4.70. The normalized spacial score (nSPS) is 12.6. The van der Waals surface area contributed by atoms with Crippen LogP contribution in [0.25, 0.3) is 0 Å². The molecule has 0 aliphatic rings. The van der Waals surface area contributed by atoms with Gasteiger partial charge in [-0.15, -0.1) is 0 Å². The molecule has 0 aromatic heterocycles. The quantitative estimate of drug-likeness (QED) is 0.783. The molecular weight excluding hydrogens is 377 g/mol. The maximum absolute atomic E-state index is 12.9. The van der Waals surface area contributed by atoms with Crippen LogP contribution in [0.3, 0.4) is 0 Å². The van der Waals surface area contributed by atoms with E-state index in [9.17, 15) is 21.6 Å². The van der Waals surface area contributed by atoms with E-state index in [1.54, 1.807) is 37.3 Å². The van der Waals surface area contributed by atoms with Crippen LogP contribution in [0.1, 0.15) is 11.1 Å². The van der Waals surface area contributed by atoms with Gasteiger partial charge in [-0.05, 0) is 30.2 Å². The summed E-state index contributed by atoms with van der Waals surface area (Å²) in [5.41, 5.74) is 6.80. The molecule has 0 unspecified atom stereocenters. The zero-order valence-corrected chi connectivity index (χ0v) is 14.8. The molecule has 0 saturated carbocycles. The summed E-state index contributed by atoms with van der Waals surface area (Å²) in [7, 11) is -4.50. The second-order valence-electron chi connectivity index (χ2n) is 5.51. The van der Waals surface area contributed by atoms with Crippen molar-refractivity contribution >= 4 is 27.3 Å². The zero-order chi connectivity index (χ0) is 18.8. The Morgan fingerprint density at radius 1 is 1.16 bits per heavy atom. The van der Waals surface area contributed by atoms with Gasteiger partial charge in [-0.1, -0.05) is 41.9 Å². The van der Waals surface area contributed by atoms with E-state index in [1.807, 2.05) is 0 Å². The number of aryl methyl sites for hydroxylation is 1. The van der Waals surface area contributed by atoms with Crippen LogP contribution in [0.2, 0.25) is 5.02 Å². The molecule has 25 heavy (non-hydrogen) atoms. The Hall–Kier alpha value is -1.77. The summed E-state index contributed by atoms with van der Waals surface area (Å²) in [6, 6.07) is 10.4. The molecule has 2 rings (SSSR count). The lowest BCUT2D eigenvalue weighted by Gasteiger charge is -2.24. The van der Waals surface area contributed by atoms with Crippen LogP contribution in [0, 0.1) is 6.92 Å². The molecule has 9 heteroatoms. The average molecular weight is 393 g/mol. The highest BCUT2D eigenvalue weighted by Crippen LogP contribution is 2.31. The van der Waals surface area contributed by atoms with Gasteiger partial charge in [-0.3, -0.25) is 0 Å². The fraction of sp³-hybridized carbons (Fsp3) is 0.250. The minimum atomic E-state index is -4.70. The minimum Gasteiger partial charge on any atom is -0.398 e. The molecular formula is C16H16ClF3N2O2S. The second-order valence-corrected chi connectivity index (χ2v) is 7.83. The number of halogens is 4. The smallest absolute Gasteiger partial charge is 0.398 e. The van der Waals surface area contributed by atoms with Crippen molar-refractivity contribution in [1.29, 1.82) is 0 Å². The fourth-order valence-electron chi connectivity index (χ4n) is 2.22. The lowest BCUT2D eigenvalue weighted by molar-refractivity contribution is -0.136. The van der Waals surface area contributed by atoms with Crippen molar-refractivity contribution in [1.82, 2.24) is 4.31 Å². The predicted molar refractivity (Wildman–Crippen MR) is 90.7 cm³/mol. The Labute approximate surface area is 149 Å². The molecule has 0 fully saturated rings. The summed E-state index contributed by atoms with van der Waals surface area (Å²) in [4.78, 5) is -0.447.